The molecule has 0 fully saturated rings. The molecule has 2 aromatic rings. The van der Waals surface area contributed by atoms with Crippen LogP contribution in [-0.4, -0.2) is 34.2 Å². The van der Waals surface area contributed by atoms with Crippen LogP contribution in [0.5, 0.6) is 11.5 Å². The second-order valence-corrected chi connectivity index (χ2v) is 5.37. The van der Waals surface area contributed by atoms with Gasteiger partial charge in [0.25, 0.3) is 0 Å². The van der Waals surface area contributed by atoms with Crippen LogP contribution < -0.4 is 19.7 Å². The number of nitrogens with zero attached hydrogens (tertiary/aromatic N) is 1. The highest BCUT2D eigenvalue weighted by Gasteiger charge is 2.04. The zero-order chi connectivity index (χ0) is 17.5. The van der Waals surface area contributed by atoms with Crippen molar-refractivity contribution in [3.8, 4) is 11.5 Å². The van der Waals surface area contributed by atoms with Gasteiger partial charge in [0.15, 0.2) is 0 Å². The lowest BCUT2D eigenvalue weighted by molar-refractivity contribution is -0.111. The van der Waals surface area contributed by atoms with Crippen molar-refractivity contribution in [3.63, 3.8) is 0 Å². The average molecular weight is 326 g/mol. The molecule has 0 aliphatic heterocycles. The quantitative estimate of drug-likeness (QED) is 0.827. The molecule has 0 unspecified atom stereocenters. The molecule has 2 rings (SSSR count). The van der Waals surface area contributed by atoms with Crippen molar-refractivity contribution < 1.29 is 14.3 Å². The van der Waals surface area contributed by atoms with Crippen molar-refractivity contribution in [2.45, 2.75) is 0 Å². The van der Waals surface area contributed by atoms with Gasteiger partial charge >= 0.3 is 0 Å². The lowest BCUT2D eigenvalue weighted by Crippen LogP contribution is -2.10. The standard InChI is InChI=1S/C19H22N2O3/c1-21(2)16-8-6-15(7-9-16)20-19(22)12-5-14-13-17(23-3)10-11-18(14)24-4/h5-13H,1-4H3,(H,20,22). The Morgan fingerprint density at radius 3 is 2.33 bits per heavy atom. The molecule has 5 heteroatoms. The van der Waals surface area contributed by atoms with E-state index in [4.69, 9.17) is 9.47 Å². The number of ether oxygens (including phenoxy) is 2. The first-order valence-corrected chi connectivity index (χ1v) is 7.52. The topological polar surface area (TPSA) is 50.8 Å². The maximum absolute atomic E-state index is 12.1. The van der Waals surface area contributed by atoms with Crippen molar-refractivity contribution in [1.29, 1.82) is 0 Å². The normalized spacial score (nSPS) is 10.5. The van der Waals surface area contributed by atoms with Crippen LogP contribution in [0.15, 0.2) is 48.5 Å². The molecule has 0 radical (unpaired) electrons. The Bertz CT molecular complexity index is 722. The number of benzene rings is 2. The first-order chi connectivity index (χ1) is 11.5. The number of rotatable bonds is 6. The number of amides is 1. The Balaban J connectivity index is 2.07. The van der Waals surface area contributed by atoms with Gasteiger partial charge in [0.1, 0.15) is 11.5 Å². The highest BCUT2D eigenvalue weighted by molar-refractivity contribution is 6.02. The monoisotopic (exact) mass is 326 g/mol. The summed E-state index contributed by atoms with van der Waals surface area (Å²) in [5.41, 5.74) is 2.59. The van der Waals surface area contributed by atoms with Crippen molar-refractivity contribution in [3.05, 3.63) is 54.1 Å². The highest BCUT2D eigenvalue weighted by atomic mass is 16.5. The summed E-state index contributed by atoms with van der Waals surface area (Å²) < 4.78 is 10.5. The summed E-state index contributed by atoms with van der Waals surface area (Å²) in [5.74, 6) is 1.17. The van der Waals surface area contributed by atoms with Gasteiger partial charge in [-0.05, 0) is 48.5 Å². The van der Waals surface area contributed by atoms with Gasteiger partial charge in [0.05, 0.1) is 14.2 Å². The van der Waals surface area contributed by atoms with E-state index in [-0.39, 0.29) is 5.91 Å². The van der Waals surface area contributed by atoms with E-state index in [0.717, 1.165) is 16.9 Å². The van der Waals surface area contributed by atoms with Crippen LogP contribution in [0.1, 0.15) is 5.56 Å². The number of nitrogens with one attached hydrogen (secondary N) is 1. The van der Waals surface area contributed by atoms with E-state index in [1.807, 2.05) is 55.4 Å². The fourth-order valence-electron chi connectivity index (χ4n) is 2.16. The number of hydrogen-bond acceptors (Lipinski definition) is 4. The third-order valence-electron chi connectivity index (χ3n) is 3.50. The van der Waals surface area contributed by atoms with E-state index in [9.17, 15) is 4.79 Å². The summed E-state index contributed by atoms with van der Waals surface area (Å²) in [4.78, 5) is 14.1. The SMILES string of the molecule is COc1ccc(OC)c(C=CC(=O)Nc2ccc(N(C)C)cc2)c1. The summed E-state index contributed by atoms with van der Waals surface area (Å²) in [5, 5.41) is 2.83. The number of anilines is 2. The van der Waals surface area contributed by atoms with Gasteiger partial charge in [-0.3, -0.25) is 4.79 Å². The third-order valence-corrected chi connectivity index (χ3v) is 3.50. The molecule has 0 atom stereocenters. The molecule has 0 bridgehead atoms. The van der Waals surface area contributed by atoms with Crippen LogP contribution in [0.3, 0.4) is 0 Å². The van der Waals surface area contributed by atoms with Gasteiger partial charge in [-0.15, -0.1) is 0 Å². The number of methoxy groups -OCH3 is 2. The van der Waals surface area contributed by atoms with Gasteiger partial charge in [-0.2, -0.15) is 0 Å². The molecular weight excluding hydrogens is 304 g/mol. The molecule has 126 valence electrons. The predicted octanol–water partition coefficient (Wildman–Crippen LogP) is 3.42. The molecule has 0 saturated heterocycles. The van der Waals surface area contributed by atoms with Crippen molar-refractivity contribution in [1.82, 2.24) is 0 Å². The van der Waals surface area contributed by atoms with Crippen LogP contribution in [0.4, 0.5) is 11.4 Å². The summed E-state index contributed by atoms with van der Waals surface area (Å²) in [7, 11) is 7.13. The fraction of sp³-hybridized carbons (Fsp3) is 0.211. The van der Waals surface area contributed by atoms with E-state index in [1.165, 1.54) is 6.08 Å². The molecule has 0 aliphatic rings. The second kappa shape index (κ2) is 8.06. The lowest BCUT2D eigenvalue weighted by Gasteiger charge is -2.12. The molecule has 0 heterocycles. The van der Waals surface area contributed by atoms with Crippen LogP contribution >= 0.6 is 0 Å². The zero-order valence-electron chi connectivity index (χ0n) is 14.4. The van der Waals surface area contributed by atoms with Crippen LogP contribution in [0, 0.1) is 0 Å². The number of carbonyl (C=O) groups is 1. The van der Waals surface area contributed by atoms with Crippen LogP contribution in [-0.2, 0) is 4.79 Å². The first-order valence-electron chi connectivity index (χ1n) is 7.52. The molecular formula is C19H22N2O3. The highest BCUT2D eigenvalue weighted by Crippen LogP contribution is 2.25. The molecule has 1 amide bonds. The van der Waals surface area contributed by atoms with E-state index in [0.29, 0.717) is 11.5 Å². The van der Waals surface area contributed by atoms with Crippen LogP contribution in [0.25, 0.3) is 6.08 Å². The molecule has 0 spiro atoms. The van der Waals surface area contributed by atoms with Crippen LogP contribution in [0.2, 0.25) is 0 Å². The molecule has 5 nitrogen and oxygen atoms in total. The van der Waals surface area contributed by atoms with Gasteiger partial charge in [0, 0.05) is 37.1 Å². The Kier molecular flexibility index (Phi) is 5.84. The van der Waals surface area contributed by atoms with Gasteiger partial charge < -0.3 is 19.7 Å². The summed E-state index contributed by atoms with van der Waals surface area (Å²) in [6, 6.07) is 13.1. The summed E-state index contributed by atoms with van der Waals surface area (Å²) in [6.07, 6.45) is 3.17. The third kappa shape index (κ3) is 4.52. The Labute approximate surface area is 142 Å². The molecule has 0 saturated carbocycles. The van der Waals surface area contributed by atoms with Gasteiger partial charge in [0.2, 0.25) is 5.91 Å². The Morgan fingerprint density at radius 2 is 1.75 bits per heavy atom. The van der Waals surface area contributed by atoms with Crippen molar-refractivity contribution in [2.75, 3.05) is 38.5 Å². The van der Waals surface area contributed by atoms with Crippen molar-refractivity contribution >= 4 is 23.4 Å². The average Bonchev–Trinajstić information content (AvgIpc) is 2.60. The number of hydrogen-bond donors (Lipinski definition) is 1. The molecule has 0 aromatic heterocycles. The summed E-state index contributed by atoms with van der Waals surface area (Å²) in [6.45, 7) is 0. The second-order valence-electron chi connectivity index (χ2n) is 5.37. The zero-order valence-corrected chi connectivity index (χ0v) is 14.4. The minimum Gasteiger partial charge on any atom is -0.497 e. The largest absolute Gasteiger partial charge is 0.497 e. The molecule has 0 aliphatic carbocycles. The number of carbonyl (C=O) groups excluding carboxylic acids is 1. The Hall–Kier alpha value is -2.95. The first kappa shape index (κ1) is 17.4. The minimum absolute atomic E-state index is 0.211. The van der Waals surface area contributed by atoms with E-state index < -0.39 is 0 Å². The van der Waals surface area contributed by atoms with E-state index in [1.54, 1.807) is 26.4 Å². The van der Waals surface area contributed by atoms with E-state index in [2.05, 4.69) is 5.32 Å². The minimum atomic E-state index is -0.211. The van der Waals surface area contributed by atoms with Gasteiger partial charge in [-0.25, -0.2) is 0 Å². The van der Waals surface area contributed by atoms with E-state index >= 15 is 0 Å². The lowest BCUT2D eigenvalue weighted by atomic mass is 10.1. The summed E-state index contributed by atoms with van der Waals surface area (Å²) >= 11 is 0. The Morgan fingerprint density at radius 1 is 1.04 bits per heavy atom. The fourth-order valence-corrected chi connectivity index (χ4v) is 2.16. The molecule has 2 aromatic carbocycles. The van der Waals surface area contributed by atoms with Gasteiger partial charge in [-0.1, -0.05) is 0 Å². The predicted molar refractivity (Wildman–Crippen MR) is 98.0 cm³/mol. The maximum Gasteiger partial charge on any atom is 0.248 e. The maximum atomic E-state index is 12.1. The molecule has 1 N–H and O–H groups in total. The molecule has 24 heavy (non-hydrogen) atoms. The smallest absolute Gasteiger partial charge is 0.248 e. The van der Waals surface area contributed by atoms with Crippen molar-refractivity contribution in [2.24, 2.45) is 0 Å².